The molecule has 0 aliphatic rings. The summed E-state index contributed by atoms with van der Waals surface area (Å²) >= 11 is 1.48. The highest BCUT2D eigenvalue weighted by Crippen LogP contribution is 2.20. The molecule has 2 heterocycles. The van der Waals surface area contributed by atoms with Crippen LogP contribution in [0.25, 0.3) is 11.6 Å². The number of aromatic nitrogens is 2. The van der Waals surface area contributed by atoms with Crippen LogP contribution in [0.1, 0.15) is 16.3 Å². The van der Waals surface area contributed by atoms with E-state index in [2.05, 4.69) is 16.0 Å². The Morgan fingerprint density at radius 3 is 3.00 bits per heavy atom. The molecule has 0 aromatic carbocycles. The van der Waals surface area contributed by atoms with Gasteiger partial charge in [-0.15, -0.1) is 11.3 Å². The van der Waals surface area contributed by atoms with E-state index in [0.717, 1.165) is 16.3 Å². The molecular formula is C12H9N3S. The van der Waals surface area contributed by atoms with E-state index in [1.165, 1.54) is 11.3 Å². The molecule has 0 radical (unpaired) electrons. The quantitative estimate of drug-likeness (QED) is 0.741. The Bertz CT molecular complexity index is 549. The number of nitriles is 1. The van der Waals surface area contributed by atoms with Gasteiger partial charge in [-0.2, -0.15) is 5.26 Å². The highest BCUT2D eigenvalue weighted by atomic mass is 32.1. The molecule has 0 unspecified atom stereocenters. The van der Waals surface area contributed by atoms with Crippen molar-refractivity contribution in [3.63, 3.8) is 0 Å². The third kappa shape index (κ3) is 2.33. The van der Waals surface area contributed by atoms with Crippen LogP contribution < -0.4 is 0 Å². The van der Waals surface area contributed by atoms with Crippen molar-refractivity contribution in [1.29, 1.82) is 5.26 Å². The van der Waals surface area contributed by atoms with Gasteiger partial charge in [-0.1, -0.05) is 6.07 Å². The van der Waals surface area contributed by atoms with E-state index in [1.54, 1.807) is 18.5 Å². The molecule has 0 aliphatic heterocycles. The minimum absolute atomic E-state index is 0.575. The second-order valence-electron chi connectivity index (χ2n) is 3.25. The van der Waals surface area contributed by atoms with E-state index < -0.39 is 0 Å². The summed E-state index contributed by atoms with van der Waals surface area (Å²) in [5, 5.41) is 11.8. The standard InChI is InChI=1S/C12H9N3S/c1-9-8-16-12(15-9)11(6-13)5-10-3-2-4-14-7-10/h2-5,7-8H,1H3/b11-5-. The third-order valence-corrected chi connectivity index (χ3v) is 2.96. The Morgan fingerprint density at radius 2 is 2.44 bits per heavy atom. The average molecular weight is 227 g/mol. The molecule has 0 atom stereocenters. The zero-order chi connectivity index (χ0) is 11.4. The Hall–Kier alpha value is -1.99. The Labute approximate surface area is 97.7 Å². The van der Waals surface area contributed by atoms with E-state index in [0.29, 0.717) is 5.57 Å². The smallest absolute Gasteiger partial charge is 0.134 e. The number of thiazole rings is 1. The van der Waals surface area contributed by atoms with Crippen LogP contribution in [0.4, 0.5) is 0 Å². The predicted octanol–water partition coefficient (Wildman–Crippen LogP) is 2.91. The molecule has 0 fully saturated rings. The van der Waals surface area contributed by atoms with Gasteiger partial charge in [0.05, 0.1) is 5.57 Å². The van der Waals surface area contributed by atoms with Gasteiger partial charge in [0.1, 0.15) is 11.1 Å². The minimum atomic E-state index is 0.575. The van der Waals surface area contributed by atoms with Crippen LogP contribution in [0.3, 0.4) is 0 Å². The highest BCUT2D eigenvalue weighted by Gasteiger charge is 2.05. The van der Waals surface area contributed by atoms with Gasteiger partial charge in [-0.05, 0) is 24.6 Å². The fourth-order valence-corrected chi connectivity index (χ4v) is 2.01. The zero-order valence-corrected chi connectivity index (χ0v) is 9.53. The van der Waals surface area contributed by atoms with Crippen LogP contribution in [0.15, 0.2) is 29.9 Å². The van der Waals surface area contributed by atoms with Gasteiger partial charge in [0, 0.05) is 23.5 Å². The summed E-state index contributed by atoms with van der Waals surface area (Å²) in [5.41, 5.74) is 2.42. The lowest BCUT2D eigenvalue weighted by molar-refractivity contribution is 1.24. The molecule has 4 heteroatoms. The lowest BCUT2D eigenvalue weighted by atomic mass is 10.2. The number of hydrogen-bond acceptors (Lipinski definition) is 4. The summed E-state index contributed by atoms with van der Waals surface area (Å²) in [6.07, 6.45) is 5.22. The van der Waals surface area contributed by atoms with E-state index >= 15 is 0 Å². The first-order chi connectivity index (χ1) is 7.79. The number of nitrogens with zero attached hydrogens (tertiary/aromatic N) is 3. The summed E-state index contributed by atoms with van der Waals surface area (Å²) in [7, 11) is 0. The summed E-state index contributed by atoms with van der Waals surface area (Å²) in [6, 6.07) is 5.91. The molecule has 0 aliphatic carbocycles. The van der Waals surface area contributed by atoms with Crippen molar-refractivity contribution in [2.45, 2.75) is 6.92 Å². The molecule has 3 nitrogen and oxygen atoms in total. The minimum Gasteiger partial charge on any atom is -0.264 e. The van der Waals surface area contributed by atoms with E-state index in [-0.39, 0.29) is 0 Å². The maximum atomic E-state index is 9.08. The van der Waals surface area contributed by atoms with E-state index in [1.807, 2.05) is 24.4 Å². The Morgan fingerprint density at radius 1 is 1.56 bits per heavy atom. The molecule has 2 aromatic rings. The van der Waals surface area contributed by atoms with E-state index in [4.69, 9.17) is 5.26 Å². The first-order valence-corrected chi connectivity index (χ1v) is 5.62. The molecule has 0 spiro atoms. The van der Waals surface area contributed by atoms with E-state index in [9.17, 15) is 0 Å². The molecule has 16 heavy (non-hydrogen) atoms. The molecule has 0 N–H and O–H groups in total. The fourth-order valence-electron chi connectivity index (χ4n) is 1.25. The summed E-state index contributed by atoms with van der Waals surface area (Å²) in [6.45, 7) is 1.92. The van der Waals surface area contributed by atoms with Crippen LogP contribution in [0.5, 0.6) is 0 Å². The summed E-state index contributed by atoms with van der Waals surface area (Å²) < 4.78 is 0. The average Bonchev–Trinajstić information content (AvgIpc) is 2.74. The normalized spacial score (nSPS) is 11.1. The van der Waals surface area contributed by atoms with Crippen LogP contribution >= 0.6 is 11.3 Å². The van der Waals surface area contributed by atoms with Crippen molar-refractivity contribution in [2.75, 3.05) is 0 Å². The van der Waals surface area contributed by atoms with Crippen molar-refractivity contribution in [1.82, 2.24) is 9.97 Å². The third-order valence-electron chi connectivity index (χ3n) is 1.97. The van der Waals surface area contributed by atoms with Crippen molar-refractivity contribution >= 4 is 23.0 Å². The molecule has 2 aromatic heterocycles. The SMILES string of the molecule is Cc1csc(/C(C#N)=C\c2cccnc2)n1. The molecule has 0 saturated carbocycles. The lowest BCUT2D eigenvalue weighted by Gasteiger charge is -1.93. The number of hydrogen-bond donors (Lipinski definition) is 0. The molecule has 2 rings (SSSR count). The van der Waals surface area contributed by atoms with Crippen LogP contribution in [0.2, 0.25) is 0 Å². The van der Waals surface area contributed by atoms with Crippen LogP contribution in [0, 0.1) is 18.3 Å². The van der Waals surface area contributed by atoms with Crippen molar-refractivity contribution in [3.8, 4) is 6.07 Å². The maximum absolute atomic E-state index is 9.08. The molecule has 0 bridgehead atoms. The van der Waals surface area contributed by atoms with Gasteiger partial charge in [0.2, 0.25) is 0 Å². The van der Waals surface area contributed by atoms with Gasteiger partial charge in [-0.25, -0.2) is 4.98 Å². The van der Waals surface area contributed by atoms with Crippen molar-refractivity contribution < 1.29 is 0 Å². The first-order valence-electron chi connectivity index (χ1n) is 4.74. The monoisotopic (exact) mass is 227 g/mol. The van der Waals surface area contributed by atoms with Gasteiger partial charge in [0.15, 0.2) is 0 Å². The number of pyridine rings is 1. The van der Waals surface area contributed by atoms with Gasteiger partial charge in [-0.3, -0.25) is 4.98 Å². The lowest BCUT2D eigenvalue weighted by Crippen LogP contribution is -1.82. The Kier molecular flexibility index (Phi) is 3.08. The van der Waals surface area contributed by atoms with Crippen molar-refractivity contribution in [3.05, 3.63) is 46.2 Å². The second kappa shape index (κ2) is 4.69. The molecule has 0 amide bonds. The topological polar surface area (TPSA) is 49.6 Å². The van der Waals surface area contributed by atoms with Crippen LogP contribution in [-0.4, -0.2) is 9.97 Å². The second-order valence-corrected chi connectivity index (χ2v) is 4.11. The molecule has 0 saturated heterocycles. The highest BCUT2D eigenvalue weighted by molar-refractivity contribution is 7.11. The molecular weight excluding hydrogens is 218 g/mol. The molecule has 78 valence electrons. The first kappa shape index (κ1) is 10.5. The van der Waals surface area contributed by atoms with Gasteiger partial charge in [0.25, 0.3) is 0 Å². The fraction of sp³-hybridized carbons (Fsp3) is 0.0833. The Balaban J connectivity index is 2.38. The number of allylic oxidation sites excluding steroid dienone is 1. The maximum Gasteiger partial charge on any atom is 0.134 e. The number of aryl methyl sites for hydroxylation is 1. The summed E-state index contributed by atoms with van der Waals surface area (Å²) in [5.74, 6) is 0. The zero-order valence-electron chi connectivity index (χ0n) is 8.71. The predicted molar refractivity (Wildman–Crippen MR) is 64.6 cm³/mol. The van der Waals surface area contributed by atoms with Gasteiger partial charge >= 0.3 is 0 Å². The van der Waals surface area contributed by atoms with Gasteiger partial charge < -0.3 is 0 Å². The van der Waals surface area contributed by atoms with Crippen LogP contribution in [-0.2, 0) is 0 Å². The largest absolute Gasteiger partial charge is 0.264 e. The summed E-state index contributed by atoms with van der Waals surface area (Å²) in [4.78, 5) is 8.29. The van der Waals surface area contributed by atoms with Crippen molar-refractivity contribution in [2.24, 2.45) is 0 Å². The number of rotatable bonds is 2.